The van der Waals surface area contributed by atoms with E-state index in [0.29, 0.717) is 25.4 Å². The monoisotopic (exact) mass is 472 g/mol. The van der Waals surface area contributed by atoms with Crippen LogP contribution < -0.4 is 15.4 Å². The molecule has 0 aliphatic carbocycles. The molecule has 2 aromatic rings. The van der Waals surface area contributed by atoms with Gasteiger partial charge in [-0.1, -0.05) is 6.07 Å². The number of aromatic nitrogens is 3. The standard InChI is InChI=1S/C24H36N6O4/c1-33-17-16-30(14-4-3-7-19-9-8-18-6-5-12-25-22(18)27-19)15-11-20(23(31)32)28-21-10-13-26-24(29-21)34-2/h8-10,13,20H,3-7,11-12,14-17H2,1-2H3,(H,25,27)(H,31,32)(H,26,28,29)/t20-/m0/s1. The molecule has 0 unspecified atom stereocenters. The normalized spacial score (nSPS) is 13.7. The Morgan fingerprint density at radius 1 is 1.21 bits per heavy atom. The number of aliphatic carboxylic acids is 1. The molecule has 1 atom stereocenters. The number of rotatable bonds is 15. The number of carbonyl (C=O) groups is 1. The number of ether oxygens (including phenoxy) is 2. The van der Waals surface area contributed by atoms with Gasteiger partial charge in [0.25, 0.3) is 0 Å². The molecule has 10 nitrogen and oxygen atoms in total. The van der Waals surface area contributed by atoms with Crippen molar-refractivity contribution >= 4 is 17.6 Å². The summed E-state index contributed by atoms with van der Waals surface area (Å²) in [5, 5.41) is 16.1. The molecule has 0 aromatic carbocycles. The number of nitrogens with one attached hydrogen (secondary N) is 2. The third-order valence-corrected chi connectivity index (χ3v) is 5.89. The molecule has 0 spiro atoms. The zero-order valence-corrected chi connectivity index (χ0v) is 20.1. The van der Waals surface area contributed by atoms with Crippen LogP contribution in [0.5, 0.6) is 6.01 Å². The molecule has 3 heterocycles. The van der Waals surface area contributed by atoms with Gasteiger partial charge in [0.1, 0.15) is 17.7 Å². The molecular weight excluding hydrogens is 436 g/mol. The number of hydrogen-bond donors (Lipinski definition) is 3. The first-order valence-corrected chi connectivity index (χ1v) is 11.9. The molecule has 0 amide bonds. The molecule has 0 bridgehead atoms. The van der Waals surface area contributed by atoms with Crippen molar-refractivity contribution in [2.45, 2.75) is 44.6 Å². The van der Waals surface area contributed by atoms with Gasteiger partial charge in [0.2, 0.25) is 0 Å². The maximum atomic E-state index is 11.8. The van der Waals surface area contributed by atoms with Gasteiger partial charge in [-0.2, -0.15) is 4.98 Å². The van der Waals surface area contributed by atoms with Gasteiger partial charge >= 0.3 is 12.0 Å². The van der Waals surface area contributed by atoms with Crippen LogP contribution in [-0.4, -0.2) is 84.0 Å². The second-order valence-corrected chi connectivity index (χ2v) is 8.38. The molecule has 1 aliphatic rings. The molecule has 0 radical (unpaired) electrons. The van der Waals surface area contributed by atoms with E-state index in [1.165, 1.54) is 18.9 Å². The highest BCUT2D eigenvalue weighted by Gasteiger charge is 2.19. The Balaban J connectivity index is 1.47. The maximum absolute atomic E-state index is 11.8. The summed E-state index contributed by atoms with van der Waals surface area (Å²) in [6.45, 7) is 3.86. The van der Waals surface area contributed by atoms with E-state index >= 15 is 0 Å². The van der Waals surface area contributed by atoms with Crippen LogP contribution in [0.15, 0.2) is 24.4 Å². The number of nitrogens with zero attached hydrogens (tertiary/aromatic N) is 4. The fourth-order valence-electron chi connectivity index (χ4n) is 3.97. The fraction of sp³-hybridized carbons (Fsp3) is 0.583. The van der Waals surface area contributed by atoms with Crippen molar-refractivity contribution in [2.24, 2.45) is 0 Å². The molecular formula is C24H36N6O4. The largest absolute Gasteiger partial charge is 0.480 e. The fourth-order valence-corrected chi connectivity index (χ4v) is 3.97. The van der Waals surface area contributed by atoms with Gasteiger partial charge in [-0.3, -0.25) is 0 Å². The van der Waals surface area contributed by atoms with Crippen molar-refractivity contribution in [3.05, 3.63) is 35.7 Å². The van der Waals surface area contributed by atoms with Crippen LogP contribution in [0.3, 0.4) is 0 Å². The van der Waals surface area contributed by atoms with Gasteiger partial charge in [-0.25, -0.2) is 14.8 Å². The van der Waals surface area contributed by atoms with Crippen LogP contribution in [0.2, 0.25) is 0 Å². The van der Waals surface area contributed by atoms with Gasteiger partial charge in [0, 0.05) is 38.6 Å². The Labute approximate surface area is 201 Å². The summed E-state index contributed by atoms with van der Waals surface area (Å²) in [5.41, 5.74) is 2.43. The summed E-state index contributed by atoms with van der Waals surface area (Å²) in [6, 6.07) is 5.39. The van der Waals surface area contributed by atoms with Crippen molar-refractivity contribution in [1.29, 1.82) is 0 Å². The Morgan fingerprint density at radius 3 is 2.88 bits per heavy atom. The SMILES string of the molecule is COCCN(CCCCc1ccc2c(n1)NCCC2)CC[C@H](Nc1ccnc(OC)n1)C(=O)O. The average molecular weight is 473 g/mol. The highest BCUT2D eigenvalue weighted by molar-refractivity contribution is 5.76. The molecule has 34 heavy (non-hydrogen) atoms. The Kier molecular flexibility index (Phi) is 10.3. The van der Waals surface area contributed by atoms with Crippen molar-refractivity contribution in [2.75, 3.05) is 57.6 Å². The van der Waals surface area contributed by atoms with Crippen LogP contribution in [0.1, 0.15) is 36.9 Å². The molecule has 3 rings (SSSR count). The van der Waals surface area contributed by atoms with Crippen LogP contribution in [0.25, 0.3) is 0 Å². The molecule has 3 N–H and O–H groups in total. The molecule has 10 heteroatoms. The first-order valence-electron chi connectivity index (χ1n) is 11.9. The third-order valence-electron chi connectivity index (χ3n) is 5.89. The Bertz CT molecular complexity index is 913. The highest BCUT2D eigenvalue weighted by Crippen LogP contribution is 2.20. The highest BCUT2D eigenvalue weighted by atomic mass is 16.5. The average Bonchev–Trinajstić information content (AvgIpc) is 2.86. The number of pyridine rings is 1. The van der Waals surface area contributed by atoms with Crippen LogP contribution in [0, 0.1) is 0 Å². The topological polar surface area (TPSA) is 122 Å². The van der Waals surface area contributed by atoms with Gasteiger partial charge < -0.3 is 30.1 Å². The lowest BCUT2D eigenvalue weighted by Crippen LogP contribution is -2.36. The van der Waals surface area contributed by atoms with Crippen molar-refractivity contribution in [3.63, 3.8) is 0 Å². The third kappa shape index (κ3) is 8.11. The molecule has 0 saturated heterocycles. The van der Waals surface area contributed by atoms with Crippen LogP contribution in [-0.2, 0) is 22.4 Å². The summed E-state index contributed by atoms with van der Waals surface area (Å²) in [7, 11) is 3.15. The minimum Gasteiger partial charge on any atom is -0.480 e. The van der Waals surface area contributed by atoms with Gasteiger partial charge in [0.05, 0.1) is 13.7 Å². The lowest BCUT2D eigenvalue weighted by molar-refractivity contribution is -0.138. The van der Waals surface area contributed by atoms with Crippen molar-refractivity contribution < 1.29 is 19.4 Å². The van der Waals surface area contributed by atoms with E-state index in [-0.39, 0.29) is 6.01 Å². The number of anilines is 2. The van der Waals surface area contributed by atoms with E-state index in [0.717, 1.165) is 63.3 Å². The summed E-state index contributed by atoms with van der Waals surface area (Å²) in [5.74, 6) is 0.546. The van der Waals surface area contributed by atoms with E-state index < -0.39 is 12.0 Å². The molecule has 2 aromatic heterocycles. The number of carboxylic acid groups (broad SMARTS) is 1. The minimum absolute atomic E-state index is 0.194. The maximum Gasteiger partial charge on any atom is 0.326 e. The predicted molar refractivity (Wildman–Crippen MR) is 131 cm³/mol. The molecule has 0 saturated carbocycles. The number of aryl methyl sites for hydroxylation is 2. The minimum atomic E-state index is -0.920. The quantitative estimate of drug-likeness (QED) is 0.333. The van der Waals surface area contributed by atoms with Gasteiger partial charge in [-0.15, -0.1) is 0 Å². The zero-order valence-electron chi connectivity index (χ0n) is 20.1. The first kappa shape index (κ1) is 25.6. The molecule has 0 fully saturated rings. The van der Waals surface area contributed by atoms with Gasteiger partial charge in [0.15, 0.2) is 0 Å². The summed E-state index contributed by atoms with van der Waals surface area (Å²) in [4.78, 5) is 26.9. The number of carboxylic acids is 1. The lowest BCUT2D eigenvalue weighted by atomic mass is 10.1. The van der Waals surface area contributed by atoms with E-state index in [1.807, 2.05) is 0 Å². The van der Waals surface area contributed by atoms with E-state index in [1.54, 1.807) is 13.2 Å². The zero-order chi connectivity index (χ0) is 24.2. The van der Waals surface area contributed by atoms with Crippen LogP contribution in [0.4, 0.5) is 11.6 Å². The van der Waals surface area contributed by atoms with Crippen molar-refractivity contribution in [1.82, 2.24) is 19.9 Å². The van der Waals surface area contributed by atoms with Crippen molar-refractivity contribution in [3.8, 4) is 6.01 Å². The van der Waals surface area contributed by atoms with Gasteiger partial charge in [-0.05, 0) is 62.8 Å². The molecule has 186 valence electrons. The number of methoxy groups -OCH3 is 2. The van der Waals surface area contributed by atoms with E-state index in [9.17, 15) is 9.90 Å². The first-order chi connectivity index (χ1) is 16.6. The summed E-state index contributed by atoms with van der Waals surface area (Å²) >= 11 is 0. The second-order valence-electron chi connectivity index (χ2n) is 8.38. The summed E-state index contributed by atoms with van der Waals surface area (Å²) < 4.78 is 10.3. The number of fused-ring (bicyclic) bond motifs is 1. The Hall–Kier alpha value is -2.98. The van der Waals surface area contributed by atoms with Crippen LogP contribution >= 0.6 is 0 Å². The van der Waals surface area contributed by atoms with E-state index in [2.05, 4.69) is 37.6 Å². The number of hydrogen-bond acceptors (Lipinski definition) is 9. The van der Waals surface area contributed by atoms with E-state index in [4.69, 9.17) is 14.5 Å². The smallest absolute Gasteiger partial charge is 0.326 e. The summed E-state index contributed by atoms with van der Waals surface area (Å²) in [6.07, 6.45) is 7.19. The Morgan fingerprint density at radius 2 is 2.09 bits per heavy atom. The second kappa shape index (κ2) is 13.7. The predicted octanol–water partition coefficient (Wildman–Crippen LogP) is 2.46. The molecule has 1 aliphatic heterocycles. The number of unbranched alkanes of at least 4 members (excludes halogenated alkanes) is 1. The lowest BCUT2D eigenvalue weighted by Gasteiger charge is -2.24.